The molecule has 0 aliphatic carbocycles. The number of nitrogens with zero attached hydrogens (tertiary/aromatic N) is 3. The standard InChI is InChI=1S/C24H19N5O10S4/c25-24-26-10(7-42-24)17(28-39-4-15(33)34)20(35)27-18-21(36)29-19(23(37)38)8(6-41-22(18)29)5-40-16-3-11(30)9-1-12(31)13(32)2-14(9)43-16/h1-3,7,18,22,31-32H,4-6H2,(H2,25,26)(H,27,35)(H,33,34)(H,37,38)/b28-17-/t18-,22+/m1/s1. The molecule has 2 aliphatic rings. The van der Waals surface area contributed by atoms with E-state index in [9.17, 15) is 39.3 Å². The van der Waals surface area contributed by atoms with Crippen molar-refractivity contribution >= 4 is 90.9 Å². The van der Waals surface area contributed by atoms with Gasteiger partial charge in [0.05, 0.1) is 4.21 Å². The number of fused-ring (bicyclic) bond motifs is 2. The van der Waals surface area contributed by atoms with Crippen LogP contribution in [0.5, 0.6) is 11.5 Å². The Morgan fingerprint density at radius 1 is 1.19 bits per heavy atom. The van der Waals surface area contributed by atoms with Crippen LogP contribution in [0.4, 0.5) is 5.13 Å². The molecule has 0 spiro atoms. The number of carbonyl (C=O) groups excluding carboxylic acids is 2. The fraction of sp³-hybridized carbons (Fsp3) is 0.208. The van der Waals surface area contributed by atoms with E-state index in [0.29, 0.717) is 14.5 Å². The number of hydrogen-bond donors (Lipinski definition) is 6. The van der Waals surface area contributed by atoms with Crippen LogP contribution < -0.4 is 16.5 Å². The van der Waals surface area contributed by atoms with Gasteiger partial charge in [-0.1, -0.05) is 5.16 Å². The minimum atomic E-state index is -1.34. The number of thioether (sulfide) groups is 2. The number of benzene rings is 1. The molecule has 0 unspecified atom stereocenters. The second-order valence-corrected chi connectivity index (χ2v) is 13.2. The summed E-state index contributed by atoms with van der Waals surface area (Å²) in [7, 11) is 0. The number of phenols is 2. The number of thiazole rings is 1. The lowest BCUT2D eigenvalue weighted by molar-refractivity contribution is -0.150. The van der Waals surface area contributed by atoms with Gasteiger partial charge in [-0.3, -0.25) is 19.3 Å². The predicted octanol–water partition coefficient (Wildman–Crippen LogP) is 1.05. The summed E-state index contributed by atoms with van der Waals surface area (Å²) in [4.78, 5) is 71.5. The summed E-state index contributed by atoms with van der Waals surface area (Å²) in [6.07, 6.45) is 0. The summed E-state index contributed by atoms with van der Waals surface area (Å²) in [5.74, 6) is -4.71. The van der Waals surface area contributed by atoms with Crippen LogP contribution in [-0.2, 0) is 24.0 Å². The summed E-state index contributed by atoms with van der Waals surface area (Å²) >= 11 is 4.59. The fourth-order valence-electron chi connectivity index (χ4n) is 4.14. The number of phenolic OH excluding ortho intramolecular Hbond substituents is 2. The van der Waals surface area contributed by atoms with Crippen LogP contribution in [0.25, 0.3) is 10.1 Å². The summed E-state index contributed by atoms with van der Waals surface area (Å²) in [5, 5.41) is 45.3. The lowest BCUT2D eigenvalue weighted by Crippen LogP contribution is -2.71. The Kier molecular flexibility index (Phi) is 8.49. The van der Waals surface area contributed by atoms with Crippen molar-refractivity contribution in [2.45, 2.75) is 15.6 Å². The smallest absolute Gasteiger partial charge is 0.352 e. The van der Waals surface area contributed by atoms with Crippen LogP contribution in [0, 0.1) is 0 Å². The van der Waals surface area contributed by atoms with Crippen molar-refractivity contribution < 1.29 is 44.4 Å². The third-order valence-corrected chi connectivity index (χ3v) is 10.4. The highest BCUT2D eigenvalue weighted by atomic mass is 32.2. The first-order valence-electron chi connectivity index (χ1n) is 11.9. The molecule has 2 atom stereocenters. The fourth-order valence-corrected chi connectivity index (χ4v) is 8.42. The number of hydrogen-bond acceptors (Lipinski definition) is 15. The first kappa shape index (κ1) is 30.1. The molecular weight excluding hydrogens is 647 g/mol. The van der Waals surface area contributed by atoms with E-state index in [-0.39, 0.29) is 44.6 Å². The molecule has 15 nitrogen and oxygen atoms in total. The van der Waals surface area contributed by atoms with E-state index in [0.717, 1.165) is 16.2 Å². The number of nitrogen functional groups attached to an aromatic ring is 1. The van der Waals surface area contributed by atoms with Crippen molar-refractivity contribution in [2.24, 2.45) is 5.16 Å². The number of aliphatic carboxylic acids is 2. The van der Waals surface area contributed by atoms with Gasteiger partial charge in [-0.2, -0.15) is 0 Å². The van der Waals surface area contributed by atoms with Crippen LogP contribution in [-0.4, -0.2) is 89.3 Å². The molecule has 1 aromatic carbocycles. The number of aromatic hydroxyl groups is 2. The lowest BCUT2D eigenvalue weighted by Gasteiger charge is -2.49. The molecule has 0 radical (unpaired) electrons. The Balaban J connectivity index is 1.32. The molecular formula is C24H19N5O10S4. The van der Waals surface area contributed by atoms with Gasteiger partial charge in [0.25, 0.3) is 11.8 Å². The van der Waals surface area contributed by atoms with E-state index in [1.165, 1.54) is 58.4 Å². The maximum absolute atomic E-state index is 13.1. The van der Waals surface area contributed by atoms with Crippen molar-refractivity contribution in [1.29, 1.82) is 0 Å². The Bertz CT molecular complexity index is 1800. The zero-order valence-electron chi connectivity index (χ0n) is 21.4. The number of nitrogens with one attached hydrogen (secondary N) is 1. The minimum absolute atomic E-state index is 0.00116. The van der Waals surface area contributed by atoms with Gasteiger partial charge in [0.1, 0.15) is 22.8 Å². The highest BCUT2D eigenvalue weighted by Crippen LogP contribution is 2.42. The maximum atomic E-state index is 13.1. The van der Waals surface area contributed by atoms with E-state index in [1.54, 1.807) is 0 Å². The van der Waals surface area contributed by atoms with Crippen molar-refractivity contribution in [2.75, 3.05) is 23.8 Å². The first-order chi connectivity index (χ1) is 20.4. The average molecular weight is 666 g/mol. The highest BCUT2D eigenvalue weighted by Gasteiger charge is 2.54. The maximum Gasteiger partial charge on any atom is 0.352 e. The van der Waals surface area contributed by atoms with Gasteiger partial charge in [0.2, 0.25) is 6.61 Å². The van der Waals surface area contributed by atoms with Gasteiger partial charge in [-0.05, 0) is 11.6 Å². The van der Waals surface area contributed by atoms with Crippen molar-refractivity contribution in [3.05, 3.63) is 50.8 Å². The SMILES string of the molecule is Nc1nc(/C(=N/OCC(=O)O)C(=O)N[C@@H]2C(=O)N3C(C(=O)O)=C(CSc4cc(=O)c5cc(O)c(O)cc5s4)CS[C@@H]23)cs1. The van der Waals surface area contributed by atoms with E-state index < -0.39 is 53.2 Å². The quantitative estimate of drug-likeness (QED) is 0.0583. The number of anilines is 1. The normalized spacial score (nSPS) is 18.3. The number of carboxylic acids is 2. The van der Waals surface area contributed by atoms with Gasteiger partial charge in [-0.15, -0.1) is 46.2 Å². The third-order valence-electron chi connectivity index (χ3n) is 6.05. The molecule has 5 rings (SSSR count). The Labute approximate surface area is 256 Å². The number of rotatable bonds is 10. The van der Waals surface area contributed by atoms with Gasteiger partial charge < -0.3 is 36.3 Å². The molecule has 1 saturated heterocycles. The van der Waals surface area contributed by atoms with E-state index in [1.807, 2.05) is 0 Å². The number of β-lactam (4-membered cyclic amide) rings is 1. The van der Waals surface area contributed by atoms with Crippen LogP contribution in [0.2, 0.25) is 0 Å². The van der Waals surface area contributed by atoms with Crippen molar-refractivity contribution in [3.8, 4) is 11.5 Å². The molecule has 43 heavy (non-hydrogen) atoms. The van der Waals surface area contributed by atoms with E-state index in [4.69, 9.17) is 15.7 Å². The monoisotopic (exact) mass is 665 g/mol. The second kappa shape index (κ2) is 12.1. The Morgan fingerprint density at radius 2 is 1.93 bits per heavy atom. The number of nitrogens with two attached hydrogens (primary N) is 1. The highest BCUT2D eigenvalue weighted by molar-refractivity contribution is 8.02. The van der Waals surface area contributed by atoms with E-state index >= 15 is 0 Å². The molecule has 1 fully saturated rings. The van der Waals surface area contributed by atoms with Crippen LogP contribution in [0.15, 0.2) is 49.0 Å². The molecule has 2 amide bonds. The molecule has 3 aromatic rings. The molecule has 0 saturated carbocycles. The van der Waals surface area contributed by atoms with Gasteiger partial charge >= 0.3 is 11.9 Å². The summed E-state index contributed by atoms with van der Waals surface area (Å²) in [5.41, 5.74) is 5.03. The molecule has 7 N–H and O–H groups in total. The Hall–Kier alpha value is -4.33. The van der Waals surface area contributed by atoms with Crippen LogP contribution >= 0.6 is 46.2 Å². The molecule has 224 valence electrons. The van der Waals surface area contributed by atoms with Gasteiger partial charge in [0.15, 0.2) is 27.8 Å². The number of amides is 2. The van der Waals surface area contributed by atoms with Gasteiger partial charge in [-0.25, -0.2) is 14.6 Å². The minimum Gasteiger partial charge on any atom is -0.504 e. The number of aromatic nitrogens is 1. The first-order valence-corrected chi connectivity index (χ1v) is 15.6. The number of oxime groups is 1. The summed E-state index contributed by atoms with van der Waals surface area (Å²) in [6, 6.07) is 2.69. The molecule has 0 bridgehead atoms. The summed E-state index contributed by atoms with van der Waals surface area (Å²) < 4.78 is 0.968. The largest absolute Gasteiger partial charge is 0.504 e. The zero-order valence-corrected chi connectivity index (χ0v) is 24.6. The molecule has 2 aliphatic heterocycles. The average Bonchev–Trinajstić information content (AvgIpc) is 3.38. The van der Waals surface area contributed by atoms with Crippen LogP contribution in [0.3, 0.4) is 0 Å². The summed E-state index contributed by atoms with van der Waals surface area (Å²) in [6.45, 7) is -0.833. The Morgan fingerprint density at radius 3 is 2.60 bits per heavy atom. The number of carbonyl (C=O) groups is 4. The van der Waals surface area contributed by atoms with Crippen molar-refractivity contribution in [1.82, 2.24) is 15.2 Å². The number of carboxylic acid groups (broad SMARTS) is 2. The second-order valence-electron chi connectivity index (χ2n) is 8.85. The zero-order chi connectivity index (χ0) is 31.0. The van der Waals surface area contributed by atoms with Crippen LogP contribution in [0.1, 0.15) is 5.69 Å². The predicted molar refractivity (Wildman–Crippen MR) is 158 cm³/mol. The third kappa shape index (κ3) is 6.10. The van der Waals surface area contributed by atoms with E-state index in [2.05, 4.69) is 15.5 Å². The molecule has 19 heteroatoms. The van der Waals surface area contributed by atoms with Gasteiger partial charge in [0, 0.05) is 39.1 Å². The molecule has 2 aromatic heterocycles. The molecule has 4 heterocycles. The lowest BCUT2D eigenvalue weighted by atomic mass is 10.0. The van der Waals surface area contributed by atoms with Crippen molar-refractivity contribution in [3.63, 3.8) is 0 Å². The topological polar surface area (TPSA) is 242 Å².